The fraction of sp³-hybridized carbons (Fsp3) is 0.500. The molecule has 10 heteroatoms. The van der Waals surface area contributed by atoms with E-state index in [1.807, 2.05) is 6.07 Å². The number of aromatic nitrogens is 2. The van der Waals surface area contributed by atoms with E-state index in [9.17, 15) is 19.2 Å². The Morgan fingerprint density at radius 2 is 0.823 bits per heavy atom. The van der Waals surface area contributed by atoms with E-state index in [0.29, 0.717) is 47.7 Å². The molecule has 6 heterocycles. The van der Waals surface area contributed by atoms with Gasteiger partial charge >= 0.3 is 0 Å². The largest absolute Gasteiger partial charge is 0.371 e. The van der Waals surface area contributed by atoms with Crippen LogP contribution in [0.3, 0.4) is 0 Å². The summed E-state index contributed by atoms with van der Waals surface area (Å²) in [6.07, 6.45) is 14.9. The Morgan fingerprint density at radius 1 is 0.355 bits per heavy atom. The molecule has 320 valence electrons. The molecule has 0 aliphatic carbocycles. The van der Waals surface area contributed by atoms with Crippen LogP contribution in [0.25, 0.3) is 75.4 Å². The van der Waals surface area contributed by atoms with Gasteiger partial charge in [-0.05, 0) is 166 Å². The molecule has 0 atom stereocenters. The van der Waals surface area contributed by atoms with Crippen LogP contribution in [0.15, 0.2) is 55.6 Å². The lowest BCUT2D eigenvalue weighted by atomic mass is 9.80. The number of anilines is 1. The molecule has 4 aliphatic rings. The molecular weight excluding hydrogens is 773 g/mol. The van der Waals surface area contributed by atoms with Gasteiger partial charge in [-0.25, -0.2) is 0 Å². The Hall–Kier alpha value is -4.90. The minimum Gasteiger partial charge on any atom is -0.371 e. The topological polar surface area (TPSA) is 91.1 Å². The van der Waals surface area contributed by atoms with Crippen molar-refractivity contribution in [3.05, 3.63) is 83.4 Å². The zero-order valence-corrected chi connectivity index (χ0v) is 36.2. The molecule has 12 rings (SSSR count). The molecule has 4 fully saturated rings. The summed E-state index contributed by atoms with van der Waals surface area (Å²) in [5.41, 5.74) is 1.38. The molecule has 6 aromatic carbocycles. The van der Waals surface area contributed by atoms with E-state index < -0.39 is 0 Å². The maximum absolute atomic E-state index is 15.0. The van der Waals surface area contributed by atoms with Crippen LogP contribution in [-0.2, 0) is 19.5 Å². The SMILES string of the molecule is O=c1c2ccc3c4c(N5CCCCC5)cc5c(=O)n(CCN6CCCCC6)c(=O)c6cc7c(CCN8CCCCC8)cc8cc(c(=O)n1CCN1CCCCC1)c2c3c8c7c4c56. The second kappa shape index (κ2) is 15.4. The molecule has 0 N–H and O–H groups in total. The van der Waals surface area contributed by atoms with Gasteiger partial charge in [-0.1, -0.05) is 31.4 Å². The van der Waals surface area contributed by atoms with Gasteiger partial charge in [0.2, 0.25) is 0 Å². The van der Waals surface area contributed by atoms with Crippen molar-refractivity contribution in [3.8, 4) is 0 Å². The highest BCUT2D eigenvalue weighted by Gasteiger charge is 2.30. The first-order valence-electron chi connectivity index (χ1n) is 24.1. The van der Waals surface area contributed by atoms with Crippen molar-refractivity contribution >= 4 is 81.1 Å². The molecule has 0 unspecified atom stereocenters. The first-order valence-corrected chi connectivity index (χ1v) is 24.1. The average Bonchev–Trinajstić information content (AvgIpc) is 3.32. The van der Waals surface area contributed by atoms with Crippen LogP contribution in [0.2, 0.25) is 0 Å². The summed E-state index contributed by atoms with van der Waals surface area (Å²) in [5, 5.41) is 12.1. The highest BCUT2D eigenvalue weighted by molar-refractivity contribution is 6.47. The molecule has 62 heavy (non-hydrogen) atoms. The Labute approximate surface area is 360 Å². The van der Waals surface area contributed by atoms with E-state index in [2.05, 4.69) is 49.9 Å². The fourth-order valence-corrected chi connectivity index (χ4v) is 12.6. The number of pyridine rings is 2. The maximum Gasteiger partial charge on any atom is 0.261 e. The van der Waals surface area contributed by atoms with Crippen molar-refractivity contribution in [2.75, 3.05) is 76.9 Å². The molecule has 0 spiro atoms. The summed E-state index contributed by atoms with van der Waals surface area (Å²) < 4.78 is 3.05. The predicted octanol–water partition coefficient (Wildman–Crippen LogP) is 7.54. The van der Waals surface area contributed by atoms with Gasteiger partial charge in [-0.15, -0.1) is 0 Å². The minimum atomic E-state index is -0.215. The zero-order chi connectivity index (χ0) is 41.6. The maximum atomic E-state index is 15.0. The van der Waals surface area contributed by atoms with Crippen molar-refractivity contribution in [1.29, 1.82) is 0 Å². The van der Waals surface area contributed by atoms with Gasteiger partial charge in [0.25, 0.3) is 22.2 Å². The van der Waals surface area contributed by atoms with Crippen LogP contribution in [0.1, 0.15) is 82.6 Å². The number of benzene rings is 6. The van der Waals surface area contributed by atoms with Crippen molar-refractivity contribution in [2.24, 2.45) is 0 Å². The summed E-state index contributed by atoms with van der Waals surface area (Å²) in [5.74, 6) is 0. The van der Waals surface area contributed by atoms with E-state index in [1.54, 1.807) is 4.57 Å². The van der Waals surface area contributed by atoms with Crippen molar-refractivity contribution in [3.63, 3.8) is 0 Å². The number of rotatable bonds is 10. The third-order valence-corrected chi connectivity index (χ3v) is 15.8. The molecular formula is C52H58N6O4. The first kappa shape index (κ1) is 38.7. The zero-order valence-electron chi connectivity index (χ0n) is 36.2. The quantitative estimate of drug-likeness (QED) is 0.103. The van der Waals surface area contributed by atoms with Crippen LogP contribution in [0, 0.1) is 0 Å². The number of fused-ring (bicyclic) bond motifs is 1. The standard InChI is InChI=1S/C52H58N6O4/c59-49-36-14-13-35-45-41(56-22-11-4-12-23-56)32-40-44-39(51(61)58(52(40)62)28-26-55-20-9-3-10-21-55)31-37-33(15-24-53-16-5-1-6-17-53)29-34-30-38(43(36)46(35)42(34)47(37)48(44)45)50(60)57(49)27-25-54-18-7-2-8-19-54/h13-14,29-32H,1-12,15-28H2. The smallest absolute Gasteiger partial charge is 0.261 e. The molecule has 10 nitrogen and oxygen atoms in total. The summed E-state index contributed by atoms with van der Waals surface area (Å²) in [7, 11) is 0. The van der Waals surface area contributed by atoms with Gasteiger partial charge in [-0.2, -0.15) is 0 Å². The number of likely N-dealkylation sites (tertiary alicyclic amines) is 3. The monoisotopic (exact) mass is 830 g/mol. The van der Waals surface area contributed by atoms with E-state index in [-0.39, 0.29) is 22.2 Å². The third kappa shape index (κ3) is 6.06. The Balaban J connectivity index is 1.18. The highest BCUT2D eigenvalue weighted by atomic mass is 16.2. The lowest BCUT2D eigenvalue weighted by molar-refractivity contribution is 0.219. The molecule has 4 aliphatic heterocycles. The van der Waals surface area contributed by atoms with Crippen molar-refractivity contribution in [1.82, 2.24) is 23.8 Å². The molecule has 0 bridgehead atoms. The van der Waals surface area contributed by atoms with Crippen molar-refractivity contribution in [2.45, 2.75) is 96.6 Å². The summed E-state index contributed by atoms with van der Waals surface area (Å²) in [6.45, 7) is 11.0. The van der Waals surface area contributed by atoms with Crippen LogP contribution in [0.5, 0.6) is 0 Å². The highest BCUT2D eigenvalue weighted by Crippen LogP contribution is 2.51. The number of piperidine rings is 4. The predicted molar refractivity (Wildman–Crippen MR) is 255 cm³/mol. The Morgan fingerprint density at radius 3 is 1.42 bits per heavy atom. The molecule has 0 saturated carbocycles. The van der Waals surface area contributed by atoms with Gasteiger partial charge in [0.15, 0.2) is 0 Å². The summed E-state index contributed by atoms with van der Waals surface area (Å²) in [6, 6.07) is 12.7. The van der Waals surface area contributed by atoms with Gasteiger partial charge in [0.05, 0.1) is 5.39 Å². The number of hydrogen-bond donors (Lipinski definition) is 0. The second-order valence-corrected chi connectivity index (χ2v) is 19.4. The fourth-order valence-electron chi connectivity index (χ4n) is 12.6. The van der Waals surface area contributed by atoms with Gasteiger partial charge in [-0.3, -0.25) is 28.3 Å². The van der Waals surface area contributed by atoms with E-state index in [1.165, 1.54) is 48.7 Å². The van der Waals surface area contributed by atoms with Crippen LogP contribution in [0.4, 0.5) is 5.69 Å². The molecule has 0 amide bonds. The van der Waals surface area contributed by atoms with Gasteiger partial charge in [0.1, 0.15) is 0 Å². The number of hydrogen-bond acceptors (Lipinski definition) is 8. The van der Waals surface area contributed by atoms with E-state index in [4.69, 9.17) is 0 Å². The molecule has 0 radical (unpaired) electrons. The minimum absolute atomic E-state index is 0.196. The van der Waals surface area contributed by atoms with Gasteiger partial charge in [0, 0.05) is 89.2 Å². The Kier molecular flexibility index (Phi) is 9.64. The Bertz CT molecular complexity index is 3220. The summed E-state index contributed by atoms with van der Waals surface area (Å²) >= 11 is 0. The first-order chi connectivity index (χ1) is 30.4. The molecule has 2 aromatic heterocycles. The molecule has 4 saturated heterocycles. The van der Waals surface area contributed by atoms with Crippen molar-refractivity contribution < 1.29 is 0 Å². The average molecular weight is 831 g/mol. The van der Waals surface area contributed by atoms with Crippen LogP contribution in [-0.4, -0.2) is 95.8 Å². The lowest BCUT2D eigenvalue weighted by Crippen LogP contribution is -2.39. The second-order valence-electron chi connectivity index (χ2n) is 19.4. The number of nitrogens with zero attached hydrogens (tertiary/aromatic N) is 6. The van der Waals surface area contributed by atoms with E-state index in [0.717, 1.165) is 163 Å². The van der Waals surface area contributed by atoms with Gasteiger partial charge < -0.3 is 19.6 Å². The van der Waals surface area contributed by atoms with Crippen LogP contribution >= 0.6 is 0 Å². The summed E-state index contributed by atoms with van der Waals surface area (Å²) in [4.78, 5) is 69.2. The van der Waals surface area contributed by atoms with E-state index >= 15 is 0 Å². The third-order valence-electron chi connectivity index (χ3n) is 15.8. The molecule has 8 aromatic rings. The van der Waals surface area contributed by atoms with Crippen LogP contribution < -0.4 is 27.1 Å². The lowest BCUT2D eigenvalue weighted by Gasteiger charge is -2.32. The normalized spacial score (nSPS) is 19.4.